The van der Waals surface area contributed by atoms with Gasteiger partial charge in [-0.15, -0.1) is 0 Å². The van der Waals surface area contributed by atoms with Gasteiger partial charge in [0.25, 0.3) is 5.91 Å². The van der Waals surface area contributed by atoms with Crippen LogP contribution in [0.5, 0.6) is 0 Å². The van der Waals surface area contributed by atoms with Crippen LogP contribution in [0.1, 0.15) is 41.4 Å². The minimum Gasteiger partial charge on any atom is -0.339 e. The van der Waals surface area contributed by atoms with Crippen LogP contribution >= 0.6 is 0 Å². The molecule has 6 nitrogen and oxygen atoms in total. The molecule has 0 saturated carbocycles. The number of benzene rings is 1. The maximum Gasteiger partial charge on any atom is 0.319 e. The van der Waals surface area contributed by atoms with Crippen molar-refractivity contribution in [3.05, 3.63) is 59.4 Å². The lowest BCUT2D eigenvalue weighted by molar-refractivity contribution is 0.0697. The summed E-state index contributed by atoms with van der Waals surface area (Å²) in [6.07, 6.45) is 4.54. The van der Waals surface area contributed by atoms with Crippen molar-refractivity contribution in [1.82, 2.24) is 15.2 Å². The Labute approximate surface area is 166 Å². The molecule has 0 spiro atoms. The Kier molecular flexibility index (Phi) is 6.63. The standard InChI is InChI=1S/C22H28N4O2/c1-16-9-13-26(14-10-16)21(27)18-6-7-20(17(2)15-18)25-22(28)24-12-8-19-5-3-4-11-23-19/h3-7,11,15-16H,8-10,12-14H2,1-2H3,(H2,24,25,28). The van der Waals surface area contributed by atoms with E-state index in [2.05, 4.69) is 22.5 Å². The summed E-state index contributed by atoms with van der Waals surface area (Å²) in [4.78, 5) is 31.0. The van der Waals surface area contributed by atoms with E-state index in [4.69, 9.17) is 0 Å². The average Bonchev–Trinajstić information content (AvgIpc) is 2.70. The number of piperidine rings is 1. The zero-order valence-corrected chi connectivity index (χ0v) is 16.6. The van der Waals surface area contributed by atoms with Crippen molar-refractivity contribution in [2.45, 2.75) is 33.1 Å². The number of urea groups is 1. The van der Waals surface area contributed by atoms with Gasteiger partial charge in [0.1, 0.15) is 0 Å². The first kappa shape index (κ1) is 19.9. The first-order chi connectivity index (χ1) is 13.5. The van der Waals surface area contributed by atoms with Crippen LogP contribution in [0, 0.1) is 12.8 Å². The molecule has 2 N–H and O–H groups in total. The topological polar surface area (TPSA) is 74.3 Å². The normalized spacial score (nSPS) is 14.6. The number of hydrogen-bond donors (Lipinski definition) is 2. The highest BCUT2D eigenvalue weighted by atomic mass is 16.2. The SMILES string of the molecule is Cc1cc(C(=O)N2CCC(C)CC2)ccc1NC(=O)NCCc1ccccn1. The Bertz CT molecular complexity index is 815. The van der Waals surface area contributed by atoms with Gasteiger partial charge in [-0.2, -0.15) is 0 Å². The Morgan fingerprint density at radius 3 is 2.64 bits per heavy atom. The van der Waals surface area contributed by atoms with Gasteiger partial charge in [-0.25, -0.2) is 4.79 Å². The molecular weight excluding hydrogens is 352 g/mol. The number of anilines is 1. The van der Waals surface area contributed by atoms with Gasteiger partial charge >= 0.3 is 6.03 Å². The third-order valence-electron chi connectivity index (χ3n) is 5.19. The number of carbonyl (C=O) groups excluding carboxylic acids is 2. The van der Waals surface area contributed by atoms with Crippen molar-refractivity contribution < 1.29 is 9.59 Å². The molecule has 6 heteroatoms. The van der Waals surface area contributed by atoms with E-state index in [0.717, 1.165) is 37.2 Å². The summed E-state index contributed by atoms with van der Waals surface area (Å²) in [7, 11) is 0. The van der Waals surface area contributed by atoms with E-state index in [0.29, 0.717) is 30.1 Å². The molecule has 0 unspecified atom stereocenters. The Morgan fingerprint density at radius 1 is 1.18 bits per heavy atom. The molecule has 3 amide bonds. The molecule has 2 heterocycles. The fraction of sp³-hybridized carbons (Fsp3) is 0.409. The molecule has 1 fully saturated rings. The van der Waals surface area contributed by atoms with Crippen LogP contribution in [-0.2, 0) is 6.42 Å². The number of likely N-dealkylation sites (tertiary alicyclic amines) is 1. The van der Waals surface area contributed by atoms with E-state index >= 15 is 0 Å². The number of pyridine rings is 1. The summed E-state index contributed by atoms with van der Waals surface area (Å²) >= 11 is 0. The first-order valence-corrected chi connectivity index (χ1v) is 9.87. The van der Waals surface area contributed by atoms with Gasteiger partial charge in [0.2, 0.25) is 0 Å². The van der Waals surface area contributed by atoms with Gasteiger partial charge in [-0.3, -0.25) is 9.78 Å². The predicted octanol–water partition coefficient (Wildman–Crippen LogP) is 3.63. The maximum absolute atomic E-state index is 12.7. The lowest BCUT2D eigenvalue weighted by Gasteiger charge is -2.30. The highest BCUT2D eigenvalue weighted by molar-refractivity contribution is 5.96. The second kappa shape index (κ2) is 9.35. The van der Waals surface area contributed by atoms with E-state index in [1.807, 2.05) is 36.1 Å². The van der Waals surface area contributed by atoms with Crippen molar-refractivity contribution >= 4 is 17.6 Å². The van der Waals surface area contributed by atoms with Gasteiger partial charge in [0.15, 0.2) is 0 Å². The monoisotopic (exact) mass is 380 g/mol. The third-order valence-corrected chi connectivity index (χ3v) is 5.19. The number of aryl methyl sites for hydroxylation is 1. The van der Waals surface area contributed by atoms with Crippen LogP contribution in [0.3, 0.4) is 0 Å². The molecule has 28 heavy (non-hydrogen) atoms. The van der Waals surface area contributed by atoms with Crippen LogP contribution < -0.4 is 10.6 Å². The lowest BCUT2D eigenvalue weighted by Crippen LogP contribution is -2.38. The number of hydrogen-bond acceptors (Lipinski definition) is 3. The van der Waals surface area contributed by atoms with E-state index in [-0.39, 0.29) is 11.9 Å². The predicted molar refractivity (Wildman–Crippen MR) is 110 cm³/mol. The van der Waals surface area contributed by atoms with Crippen molar-refractivity contribution in [2.75, 3.05) is 25.0 Å². The van der Waals surface area contributed by atoms with E-state index in [1.54, 1.807) is 18.3 Å². The number of aromatic nitrogens is 1. The highest BCUT2D eigenvalue weighted by Gasteiger charge is 2.21. The second-order valence-corrected chi connectivity index (χ2v) is 7.46. The fourth-order valence-corrected chi connectivity index (χ4v) is 3.35. The minimum atomic E-state index is -0.261. The number of rotatable bonds is 5. The van der Waals surface area contributed by atoms with E-state index < -0.39 is 0 Å². The van der Waals surface area contributed by atoms with Crippen molar-refractivity contribution in [2.24, 2.45) is 5.92 Å². The van der Waals surface area contributed by atoms with Gasteiger partial charge < -0.3 is 15.5 Å². The van der Waals surface area contributed by atoms with Crippen LogP contribution in [0.15, 0.2) is 42.6 Å². The Balaban J connectivity index is 1.52. The van der Waals surface area contributed by atoms with Crippen LogP contribution in [-0.4, -0.2) is 41.5 Å². The summed E-state index contributed by atoms with van der Waals surface area (Å²) in [5, 5.41) is 5.69. The molecule has 3 rings (SSSR count). The molecule has 0 atom stereocenters. The van der Waals surface area contributed by atoms with E-state index in [9.17, 15) is 9.59 Å². The Morgan fingerprint density at radius 2 is 1.96 bits per heavy atom. The minimum absolute atomic E-state index is 0.0707. The molecular formula is C22H28N4O2. The first-order valence-electron chi connectivity index (χ1n) is 9.87. The van der Waals surface area contributed by atoms with Gasteiger partial charge in [0, 0.05) is 49.2 Å². The van der Waals surface area contributed by atoms with Crippen LogP contribution in [0.2, 0.25) is 0 Å². The van der Waals surface area contributed by atoms with Gasteiger partial charge in [-0.1, -0.05) is 13.0 Å². The second-order valence-electron chi connectivity index (χ2n) is 7.46. The maximum atomic E-state index is 12.7. The molecule has 1 aliphatic heterocycles. The quantitative estimate of drug-likeness (QED) is 0.832. The van der Waals surface area contributed by atoms with Crippen molar-refractivity contribution in [3.63, 3.8) is 0 Å². The number of carbonyl (C=O) groups is 2. The molecule has 1 saturated heterocycles. The van der Waals surface area contributed by atoms with Crippen LogP contribution in [0.4, 0.5) is 10.5 Å². The molecule has 0 radical (unpaired) electrons. The zero-order valence-electron chi connectivity index (χ0n) is 16.6. The molecule has 1 aromatic carbocycles. The molecule has 1 aliphatic rings. The molecule has 0 bridgehead atoms. The number of nitrogens with one attached hydrogen (secondary N) is 2. The highest BCUT2D eigenvalue weighted by Crippen LogP contribution is 2.21. The van der Waals surface area contributed by atoms with E-state index in [1.165, 1.54) is 0 Å². The average molecular weight is 380 g/mol. The molecule has 148 valence electrons. The number of amides is 3. The third kappa shape index (κ3) is 5.31. The van der Waals surface area contributed by atoms with Gasteiger partial charge in [0.05, 0.1) is 0 Å². The molecule has 1 aromatic heterocycles. The largest absolute Gasteiger partial charge is 0.339 e. The van der Waals surface area contributed by atoms with Crippen molar-refractivity contribution in [3.8, 4) is 0 Å². The summed E-state index contributed by atoms with van der Waals surface area (Å²) in [6, 6.07) is 10.9. The number of nitrogens with zero attached hydrogens (tertiary/aromatic N) is 2. The summed E-state index contributed by atoms with van der Waals surface area (Å²) in [5.41, 5.74) is 3.19. The smallest absolute Gasteiger partial charge is 0.319 e. The fourth-order valence-electron chi connectivity index (χ4n) is 3.35. The van der Waals surface area contributed by atoms with Gasteiger partial charge in [-0.05, 0) is 61.6 Å². The summed E-state index contributed by atoms with van der Waals surface area (Å²) < 4.78 is 0. The summed E-state index contributed by atoms with van der Waals surface area (Å²) in [6.45, 7) is 6.27. The summed E-state index contributed by atoms with van der Waals surface area (Å²) in [5.74, 6) is 0.759. The van der Waals surface area contributed by atoms with Crippen molar-refractivity contribution in [1.29, 1.82) is 0 Å². The Hall–Kier alpha value is -2.89. The molecule has 0 aliphatic carbocycles. The lowest BCUT2D eigenvalue weighted by atomic mass is 9.98. The molecule has 2 aromatic rings. The zero-order chi connectivity index (χ0) is 19.9. The van der Waals surface area contributed by atoms with Crippen LogP contribution in [0.25, 0.3) is 0 Å².